The number of nitrogens with one attached hydrogen (secondary N) is 2. The zero-order valence-electron chi connectivity index (χ0n) is 31.3. The number of aromatic hydroxyl groups is 2. The van der Waals surface area contributed by atoms with E-state index in [4.69, 9.17) is 9.15 Å². The molecule has 2 aromatic heterocycles. The van der Waals surface area contributed by atoms with Crippen LogP contribution < -0.4 is 20.6 Å². The Kier molecular flexibility index (Phi) is 13.5. The molecule has 0 aliphatic rings. The molecule has 2 heterocycles. The fraction of sp³-hybridized carbons (Fsp3) is 0.395. The lowest BCUT2D eigenvalue weighted by molar-refractivity contribution is -0.703. The van der Waals surface area contributed by atoms with Gasteiger partial charge in [-0.3, -0.25) is 18.9 Å². The number of fused-ring (bicyclic) bond motifs is 1. The lowest BCUT2D eigenvalue weighted by Gasteiger charge is -2.29. The van der Waals surface area contributed by atoms with Crippen LogP contribution in [0.1, 0.15) is 50.0 Å². The van der Waals surface area contributed by atoms with Gasteiger partial charge in [-0.15, -0.1) is 0 Å². The van der Waals surface area contributed by atoms with Gasteiger partial charge in [-0.1, -0.05) is 39.8 Å². The van der Waals surface area contributed by atoms with Gasteiger partial charge in [0.15, 0.2) is 35.7 Å². The molecule has 56 heavy (non-hydrogen) atoms. The van der Waals surface area contributed by atoms with Gasteiger partial charge in [0, 0.05) is 60.2 Å². The smallest absolute Gasteiger partial charge is 0.368 e. The van der Waals surface area contributed by atoms with Crippen molar-refractivity contribution in [3.8, 4) is 22.8 Å². The van der Waals surface area contributed by atoms with E-state index in [0.29, 0.717) is 11.1 Å². The number of pyridine rings is 1. The molecule has 302 valence electrons. The van der Waals surface area contributed by atoms with Crippen LogP contribution in [0, 0.1) is 10.8 Å². The fourth-order valence-corrected chi connectivity index (χ4v) is 6.31. The number of ether oxygens (including phenoxy) is 1. The maximum atomic E-state index is 12.9. The molecule has 0 saturated carbocycles. The molecule has 18 heteroatoms. The highest BCUT2D eigenvalue weighted by atomic mass is 31.2. The van der Waals surface area contributed by atoms with Crippen LogP contribution in [0.3, 0.4) is 0 Å². The molecule has 0 spiro atoms. The van der Waals surface area contributed by atoms with Crippen LogP contribution in [0.15, 0.2) is 76.2 Å². The maximum Gasteiger partial charge on any atom is 0.368 e. The Labute approximate surface area is 321 Å². The average molecular weight is 801 g/mol. The minimum Gasteiger partial charge on any atom is -0.504 e. The molecule has 0 aliphatic carbocycles. The normalized spacial score (nSPS) is 13.9. The van der Waals surface area contributed by atoms with Crippen molar-refractivity contribution in [3.63, 3.8) is 0 Å². The third-order valence-electron chi connectivity index (χ3n) is 8.78. The van der Waals surface area contributed by atoms with Crippen LogP contribution >= 0.6 is 7.60 Å². The highest BCUT2D eigenvalue weighted by molar-refractivity contribution is 7.54. The zero-order valence-corrected chi connectivity index (χ0v) is 32.2. The van der Waals surface area contributed by atoms with Crippen LogP contribution in [0.4, 0.5) is 0 Å². The second kappa shape index (κ2) is 17.3. The summed E-state index contributed by atoms with van der Waals surface area (Å²) in [5, 5.41) is 52.1. The molecule has 4 rings (SSSR count). The Morgan fingerprint density at radius 1 is 0.964 bits per heavy atom. The number of hydrogen-bond donors (Lipinski definition) is 9. The van der Waals surface area contributed by atoms with E-state index in [1.807, 2.05) is 27.7 Å². The zero-order chi connectivity index (χ0) is 41.6. The first kappa shape index (κ1) is 43.6. The van der Waals surface area contributed by atoms with Crippen LogP contribution in [-0.2, 0) is 31.9 Å². The molecule has 2 aromatic carbocycles. The first-order valence-electron chi connectivity index (χ1n) is 17.4. The van der Waals surface area contributed by atoms with E-state index in [2.05, 4.69) is 10.6 Å². The predicted molar refractivity (Wildman–Crippen MR) is 201 cm³/mol. The molecule has 0 fully saturated rings. The van der Waals surface area contributed by atoms with E-state index < -0.39 is 59.2 Å². The molecule has 0 saturated heterocycles. The van der Waals surface area contributed by atoms with Crippen molar-refractivity contribution >= 4 is 36.3 Å². The third-order valence-corrected chi connectivity index (χ3v) is 10.1. The van der Waals surface area contributed by atoms with Gasteiger partial charge in [0.1, 0.15) is 11.9 Å². The number of nitrogens with zero attached hydrogens (tertiary/aromatic N) is 1. The number of aliphatic hydroxyl groups excluding tert-OH is 1. The predicted octanol–water partition coefficient (Wildman–Crippen LogP) is 2.02. The summed E-state index contributed by atoms with van der Waals surface area (Å²) < 4.78 is 24.7. The first-order chi connectivity index (χ1) is 26.0. The molecular weight excluding hydrogens is 753 g/mol. The number of hydrogen-bond acceptors (Lipinski definition) is 11. The molecule has 2 amide bonds. The highest BCUT2D eigenvalue weighted by Crippen LogP contribution is 2.50. The third kappa shape index (κ3) is 11.2. The van der Waals surface area contributed by atoms with Crippen molar-refractivity contribution in [1.29, 1.82) is 0 Å². The summed E-state index contributed by atoms with van der Waals surface area (Å²) in [5.74, 6) is -3.59. The van der Waals surface area contributed by atoms with Crippen LogP contribution in [0.5, 0.6) is 11.5 Å². The lowest BCUT2D eigenvalue weighted by Crippen LogP contribution is -2.46. The fourth-order valence-electron chi connectivity index (χ4n) is 5.67. The first-order valence-corrected chi connectivity index (χ1v) is 19.0. The van der Waals surface area contributed by atoms with E-state index in [1.54, 1.807) is 24.3 Å². The van der Waals surface area contributed by atoms with Gasteiger partial charge in [0.2, 0.25) is 11.7 Å². The number of phenolic OH excluding ortho intramolecular Hbond substituents is 2. The van der Waals surface area contributed by atoms with E-state index in [9.17, 15) is 59.1 Å². The molecule has 0 radical (unpaired) electrons. The molecule has 9 N–H and O–H groups in total. The second-order valence-corrected chi connectivity index (χ2v) is 17.1. The SMILES string of the molecule is CC(C)(CNC(=O)c1ccc(-c2cc(=O)c3ccc(O)c(O)c3o2)cc1)COCC(C)(C)CC(=O)NCC(O)C[n+]1cccc(CC(O)(C(=O)O)P(=O)(O)O)c1. The topological polar surface area (TPSA) is 277 Å². The van der Waals surface area contributed by atoms with E-state index >= 15 is 0 Å². The highest BCUT2D eigenvalue weighted by Gasteiger charge is 2.53. The standard InChI is InChI=1S/C38H46N3O14P/c1-36(2,16-31(45)39-17-26(42)19-41-13-5-6-23(18-41)15-38(50,35(48)49)56(51,52)53)21-54-22-37(3,4)20-40-34(47)25-9-7-24(8-10-25)30-14-29(44)27-11-12-28(43)32(46)33(27)55-30/h5-14,18,26,42,50H,15-17,19-22H2,1-4H3,(H6-,39,40,43,44,45,46,47,48,49,51,52,53)/p+1. The molecular formula is C38H47N3O14P+. The summed E-state index contributed by atoms with van der Waals surface area (Å²) in [6.45, 7) is 8.05. The minimum absolute atomic E-state index is 0.0529. The van der Waals surface area contributed by atoms with Crippen molar-refractivity contribution in [3.05, 3.63) is 88.3 Å². The van der Waals surface area contributed by atoms with E-state index in [0.717, 1.165) is 0 Å². The second-order valence-electron chi connectivity index (χ2n) is 15.3. The number of benzene rings is 2. The molecule has 17 nitrogen and oxygen atoms in total. The summed E-state index contributed by atoms with van der Waals surface area (Å²) in [4.78, 5) is 68.3. The van der Waals surface area contributed by atoms with Crippen LogP contribution in [0.25, 0.3) is 22.3 Å². The number of carboxylic acids is 1. The van der Waals surface area contributed by atoms with Crippen molar-refractivity contribution in [1.82, 2.24) is 10.6 Å². The monoisotopic (exact) mass is 800 g/mol. The Morgan fingerprint density at radius 3 is 2.27 bits per heavy atom. The Balaban J connectivity index is 1.20. The number of amides is 2. The quantitative estimate of drug-likeness (QED) is 0.0396. The largest absolute Gasteiger partial charge is 0.504 e. The summed E-state index contributed by atoms with van der Waals surface area (Å²) in [5.41, 5.74) is -0.719. The number of carbonyl (C=O) groups excluding carboxylic acids is 2. The Hall–Kier alpha value is -5.16. The Morgan fingerprint density at radius 2 is 1.62 bits per heavy atom. The van der Waals surface area contributed by atoms with Gasteiger partial charge < -0.3 is 55.1 Å². The van der Waals surface area contributed by atoms with Crippen molar-refractivity contribution in [2.45, 2.75) is 58.5 Å². The van der Waals surface area contributed by atoms with Crippen molar-refractivity contribution in [2.24, 2.45) is 10.8 Å². The molecule has 0 bridgehead atoms. The van der Waals surface area contributed by atoms with Gasteiger partial charge in [-0.25, -0.2) is 9.36 Å². The number of rotatable bonds is 18. The molecule has 0 aliphatic heterocycles. The number of phenols is 2. The van der Waals surface area contributed by atoms with Crippen LogP contribution in [0.2, 0.25) is 0 Å². The maximum absolute atomic E-state index is 12.9. The van der Waals surface area contributed by atoms with Gasteiger partial charge in [-0.2, -0.15) is 0 Å². The molecule has 2 unspecified atom stereocenters. The lowest BCUT2D eigenvalue weighted by atomic mass is 9.89. The van der Waals surface area contributed by atoms with Gasteiger partial charge in [-0.05, 0) is 35.7 Å². The van der Waals surface area contributed by atoms with Crippen molar-refractivity contribution < 1.29 is 68.0 Å². The molecule has 4 aromatic rings. The van der Waals surface area contributed by atoms with E-state index in [1.165, 1.54) is 47.3 Å². The summed E-state index contributed by atoms with van der Waals surface area (Å²) in [6.07, 6.45) is 0.967. The van der Waals surface area contributed by atoms with Gasteiger partial charge in [0.25, 0.3) is 11.2 Å². The van der Waals surface area contributed by atoms with Gasteiger partial charge in [0.05, 0.1) is 18.6 Å². The summed E-state index contributed by atoms with van der Waals surface area (Å²) >= 11 is 0. The van der Waals surface area contributed by atoms with Gasteiger partial charge >= 0.3 is 13.6 Å². The number of aliphatic carboxylic acids is 1. The average Bonchev–Trinajstić information content (AvgIpc) is 3.10. The van der Waals surface area contributed by atoms with Crippen molar-refractivity contribution in [2.75, 3.05) is 26.3 Å². The Bertz CT molecular complexity index is 2180. The number of carbonyl (C=O) groups is 3. The summed E-state index contributed by atoms with van der Waals surface area (Å²) in [6, 6.07) is 13.0. The minimum atomic E-state index is -5.43. The van der Waals surface area contributed by atoms with E-state index in [-0.39, 0.29) is 73.4 Å². The summed E-state index contributed by atoms with van der Waals surface area (Å²) in [7, 11) is -5.43. The molecule has 2 atom stereocenters. The number of aromatic nitrogens is 1. The van der Waals surface area contributed by atoms with Crippen LogP contribution in [-0.4, -0.2) is 90.9 Å². The number of carboxylic acid groups (broad SMARTS) is 1. The number of aliphatic hydroxyl groups is 2.